The van der Waals surface area contributed by atoms with Crippen LogP contribution >= 0.6 is 11.3 Å². The summed E-state index contributed by atoms with van der Waals surface area (Å²) in [5.74, 6) is 0. The third-order valence-corrected chi connectivity index (χ3v) is 2.46. The molecule has 0 amide bonds. The molecule has 1 aromatic heterocycles. The summed E-state index contributed by atoms with van der Waals surface area (Å²) in [5, 5.41) is 6.26. The van der Waals surface area contributed by atoms with Crippen molar-refractivity contribution < 1.29 is 0 Å². The van der Waals surface area contributed by atoms with Crippen LogP contribution < -0.4 is 11.1 Å². The van der Waals surface area contributed by atoms with Gasteiger partial charge >= 0.3 is 0 Å². The fourth-order valence-electron chi connectivity index (χ4n) is 0.854. The van der Waals surface area contributed by atoms with Crippen molar-refractivity contribution in [1.82, 2.24) is 4.98 Å². The van der Waals surface area contributed by atoms with Crippen LogP contribution in [-0.4, -0.2) is 17.1 Å². The van der Waals surface area contributed by atoms with E-state index in [0.29, 0.717) is 0 Å². The van der Waals surface area contributed by atoms with Gasteiger partial charge in [0.25, 0.3) is 0 Å². The van der Waals surface area contributed by atoms with E-state index in [0.717, 1.165) is 23.8 Å². The smallest absolute Gasteiger partial charge is 0.182 e. The van der Waals surface area contributed by atoms with Crippen LogP contribution in [0.15, 0.2) is 5.38 Å². The number of nitrogens with one attached hydrogen (secondary N) is 1. The summed E-state index contributed by atoms with van der Waals surface area (Å²) in [5.41, 5.74) is 6.80. The average Bonchev–Trinajstić information content (AvgIpc) is 2.47. The van der Waals surface area contributed by atoms with Gasteiger partial charge in [-0.05, 0) is 20.3 Å². The van der Waals surface area contributed by atoms with Crippen LogP contribution in [0.25, 0.3) is 0 Å². The molecule has 0 aromatic carbocycles. The van der Waals surface area contributed by atoms with E-state index in [2.05, 4.69) is 22.6 Å². The zero-order valence-electron chi connectivity index (χ0n) is 8.42. The number of nitrogens with zero attached hydrogens (tertiary/aromatic N) is 1. The molecule has 0 fully saturated rings. The number of thiazole rings is 1. The Morgan fingerprint density at radius 2 is 2.31 bits per heavy atom. The van der Waals surface area contributed by atoms with Gasteiger partial charge in [0, 0.05) is 17.5 Å². The van der Waals surface area contributed by atoms with Gasteiger partial charge in [-0.2, -0.15) is 0 Å². The van der Waals surface area contributed by atoms with Crippen molar-refractivity contribution in [2.45, 2.75) is 32.7 Å². The normalized spacial score (nSPS) is 11.7. The van der Waals surface area contributed by atoms with Crippen LogP contribution in [0.4, 0.5) is 5.13 Å². The first-order chi connectivity index (χ1) is 6.01. The fraction of sp³-hybridized carbons (Fsp3) is 0.667. The monoisotopic (exact) mass is 199 g/mol. The predicted octanol–water partition coefficient (Wildman–Crippen LogP) is 1.85. The van der Waals surface area contributed by atoms with Gasteiger partial charge in [-0.15, -0.1) is 11.3 Å². The first-order valence-electron chi connectivity index (χ1n) is 4.48. The highest BCUT2D eigenvalue weighted by atomic mass is 32.1. The lowest BCUT2D eigenvalue weighted by Gasteiger charge is -2.18. The Morgan fingerprint density at radius 1 is 1.62 bits per heavy atom. The number of aromatic nitrogens is 1. The number of hydrogen-bond donors (Lipinski definition) is 2. The van der Waals surface area contributed by atoms with Crippen molar-refractivity contribution in [2.24, 2.45) is 5.73 Å². The second kappa shape index (κ2) is 4.07. The van der Waals surface area contributed by atoms with Crippen LogP contribution in [0, 0.1) is 0 Å². The number of aryl methyl sites for hydroxylation is 1. The van der Waals surface area contributed by atoms with E-state index in [1.807, 2.05) is 13.8 Å². The van der Waals surface area contributed by atoms with Crippen molar-refractivity contribution in [1.29, 1.82) is 0 Å². The molecule has 0 atom stereocenters. The maximum atomic E-state index is 5.84. The topological polar surface area (TPSA) is 50.9 Å². The van der Waals surface area contributed by atoms with Gasteiger partial charge in [-0.1, -0.05) is 6.92 Å². The summed E-state index contributed by atoms with van der Waals surface area (Å²) >= 11 is 1.64. The Kier molecular flexibility index (Phi) is 3.27. The first-order valence-corrected chi connectivity index (χ1v) is 5.36. The van der Waals surface area contributed by atoms with Crippen molar-refractivity contribution in [3.05, 3.63) is 11.1 Å². The van der Waals surface area contributed by atoms with Crippen LogP contribution in [0.5, 0.6) is 0 Å². The molecule has 0 aliphatic carbocycles. The van der Waals surface area contributed by atoms with Crippen molar-refractivity contribution in [3.63, 3.8) is 0 Å². The van der Waals surface area contributed by atoms with Gasteiger partial charge in [0.05, 0.1) is 5.69 Å². The minimum Gasteiger partial charge on any atom is -0.360 e. The maximum Gasteiger partial charge on any atom is 0.182 e. The number of nitrogens with two attached hydrogens (primary N) is 1. The summed E-state index contributed by atoms with van der Waals surface area (Å²) in [6.07, 6.45) is 0.990. The van der Waals surface area contributed by atoms with E-state index in [1.54, 1.807) is 11.3 Å². The van der Waals surface area contributed by atoms with E-state index < -0.39 is 0 Å². The van der Waals surface area contributed by atoms with Gasteiger partial charge in [-0.3, -0.25) is 0 Å². The molecular weight excluding hydrogens is 182 g/mol. The van der Waals surface area contributed by atoms with Crippen molar-refractivity contribution >= 4 is 16.5 Å². The quantitative estimate of drug-likeness (QED) is 0.778. The van der Waals surface area contributed by atoms with Gasteiger partial charge in [0.2, 0.25) is 0 Å². The van der Waals surface area contributed by atoms with E-state index in [9.17, 15) is 0 Å². The number of anilines is 1. The molecule has 4 heteroatoms. The molecule has 1 aromatic rings. The zero-order valence-corrected chi connectivity index (χ0v) is 9.24. The molecule has 0 spiro atoms. The van der Waals surface area contributed by atoms with Gasteiger partial charge in [0.15, 0.2) is 5.13 Å². The molecule has 1 heterocycles. The molecule has 13 heavy (non-hydrogen) atoms. The number of rotatable bonds is 4. The highest BCUT2D eigenvalue weighted by Crippen LogP contribution is 2.16. The molecule has 0 bridgehead atoms. The molecular formula is C9H17N3S. The summed E-state index contributed by atoms with van der Waals surface area (Å²) in [6, 6.07) is 0. The van der Waals surface area contributed by atoms with E-state index in [-0.39, 0.29) is 5.54 Å². The fourth-order valence-corrected chi connectivity index (χ4v) is 1.65. The lowest BCUT2D eigenvalue weighted by atomic mass is 10.1. The lowest BCUT2D eigenvalue weighted by molar-refractivity contribution is 0.549. The molecule has 0 aliphatic rings. The summed E-state index contributed by atoms with van der Waals surface area (Å²) in [7, 11) is 0. The molecule has 1 rings (SSSR count). The Balaban J connectivity index is 2.46. The lowest BCUT2D eigenvalue weighted by Crippen LogP contribution is -2.39. The second-order valence-corrected chi connectivity index (χ2v) is 4.70. The number of hydrogen-bond acceptors (Lipinski definition) is 4. The molecule has 0 saturated carbocycles. The van der Waals surface area contributed by atoms with Crippen LogP contribution in [0.2, 0.25) is 0 Å². The Labute approximate surface area is 83.4 Å². The molecule has 0 unspecified atom stereocenters. The molecule has 0 radical (unpaired) electrons. The SMILES string of the molecule is CCc1csc(NCC(C)(C)N)n1. The average molecular weight is 199 g/mol. The molecule has 74 valence electrons. The highest BCUT2D eigenvalue weighted by Gasteiger charge is 2.10. The first kappa shape index (κ1) is 10.5. The Morgan fingerprint density at radius 3 is 2.77 bits per heavy atom. The van der Waals surface area contributed by atoms with Crippen molar-refractivity contribution in [2.75, 3.05) is 11.9 Å². The standard InChI is InChI=1S/C9H17N3S/c1-4-7-5-13-8(12-7)11-6-9(2,3)10/h5H,4,6,10H2,1-3H3,(H,11,12). The van der Waals surface area contributed by atoms with Crippen molar-refractivity contribution in [3.8, 4) is 0 Å². The van der Waals surface area contributed by atoms with Gasteiger partial charge in [-0.25, -0.2) is 4.98 Å². The summed E-state index contributed by atoms with van der Waals surface area (Å²) in [4.78, 5) is 4.38. The van der Waals surface area contributed by atoms with E-state index >= 15 is 0 Å². The van der Waals surface area contributed by atoms with Crippen LogP contribution in [0.3, 0.4) is 0 Å². The summed E-state index contributed by atoms with van der Waals surface area (Å²) < 4.78 is 0. The Bertz CT molecular complexity index is 262. The largest absolute Gasteiger partial charge is 0.360 e. The van der Waals surface area contributed by atoms with Gasteiger partial charge < -0.3 is 11.1 Å². The zero-order chi connectivity index (χ0) is 9.90. The molecule has 0 aliphatic heterocycles. The highest BCUT2D eigenvalue weighted by molar-refractivity contribution is 7.13. The minimum absolute atomic E-state index is 0.182. The third-order valence-electron chi connectivity index (χ3n) is 1.61. The van der Waals surface area contributed by atoms with Crippen LogP contribution in [-0.2, 0) is 6.42 Å². The minimum atomic E-state index is -0.182. The predicted molar refractivity (Wildman–Crippen MR) is 58.2 cm³/mol. The second-order valence-electron chi connectivity index (χ2n) is 3.84. The Hall–Kier alpha value is -0.610. The van der Waals surface area contributed by atoms with Crippen LogP contribution in [0.1, 0.15) is 26.5 Å². The third kappa shape index (κ3) is 3.74. The van der Waals surface area contributed by atoms with E-state index in [4.69, 9.17) is 5.73 Å². The molecule has 0 saturated heterocycles. The molecule has 3 nitrogen and oxygen atoms in total. The summed E-state index contributed by atoms with van der Waals surface area (Å²) in [6.45, 7) is 6.85. The molecule has 3 N–H and O–H groups in total. The maximum absolute atomic E-state index is 5.84. The van der Waals surface area contributed by atoms with Gasteiger partial charge in [0.1, 0.15) is 0 Å². The van der Waals surface area contributed by atoms with E-state index in [1.165, 1.54) is 0 Å².